The first-order valence-electron chi connectivity index (χ1n) is 10.7. The molecule has 2 aromatic rings. The van der Waals surface area contributed by atoms with E-state index in [2.05, 4.69) is 26.5 Å². The highest BCUT2D eigenvalue weighted by Gasteiger charge is 2.23. The number of nitrogens with zero attached hydrogens (tertiary/aromatic N) is 1. The molecule has 0 atom stereocenters. The molecule has 0 unspecified atom stereocenters. The van der Waals surface area contributed by atoms with Gasteiger partial charge in [-0.3, -0.25) is 4.79 Å². The summed E-state index contributed by atoms with van der Waals surface area (Å²) >= 11 is 5.59. The number of carboxylic acid groups (broad SMARTS) is 1. The van der Waals surface area contributed by atoms with Crippen LogP contribution in [0.4, 0.5) is 0 Å². The second kappa shape index (κ2) is 8.89. The van der Waals surface area contributed by atoms with Gasteiger partial charge in [0, 0.05) is 34.2 Å². The SMILES string of the molecule is C[N+](C)(C)CCNC(=S)c1ccc(C(=O)O)c(-c2c3ccc(=O)cc-3oc3cc(O)ccc23)c1. The van der Waals surface area contributed by atoms with Crippen LogP contribution in [0.1, 0.15) is 15.9 Å². The van der Waals surface area contributed by atoms with Gasteiger partial charge in [-0.05, 0) is 42.0 Å². The molecule has 34 heavy (non-hydrogen) atoms. The number of likely N-dealkylation sites (N-methyl/N-ethyl adjacent to an activating group) is 1. The molecule has 174 valence electrons. The number of aromatic hydroxyl groups is 1. The number of benzene rings is 3. The number of phenols is 1. The van der Waals surface area contributed by atoms with E-state index in [0.717, 1.165) is 11.0 Å². The zero-order valence-electron chi connectivity index (χ0n) is 19.1. The number of hydrogen-bond acceptors (Lipinski definition) is 5. The smallest absolute Gasteiger partial charge is 0.336 e. The van der Waals surface area contributed by atoms with Crippen LogP contribution < -0.4 is 10.7 Å². The van der Waals surface area contributed by atoms with E-state index >= 15 is 0 Å². The van der Waals surface area contributed by atoms with Gasteiger partial charge in [0.2, 0.25) is 0 Å². The fourth-order valence-electron chi connectivity index (χ4n) is 3.84. The highest BCUT2D eigenvalue weighted by molar-refractivity contribution is 7.80. The van der Waals surface area contributed by atoms with E-state index in [1.165, 1.54) is 30.3 Å². The normalized spacial score (nSPS) is 11.6. The number of carbonyl (C=O) groups is 1. The summed E-state index contributed by atoms with van der Waals surface area (Å²) in [5.74, 6) is -0.799. The summed E-state index contributed by atoms with van der Waals surface area (Å²) in [6.07, 6.45) is 0. The van der Waals surface area contributed by atoms with Gasteiger partial charge in [-0.15, -0.1) is 0 Å². The van der Waals surface area contributed by atoms with Gasteiger partial charge in [0.05, 0.1) is 39.8 Å². The molecular formula is C26H25N2O5S+. The fourth-order valence-corrected chi connectivity index (χ4v) is 4.06. The van der Waals surface area contributed by atoms with E-state index in [4.69, 9.17) is 16.6 Å². The molecule has 1 heterocycles. The van der Waals surface area contributed by atoms with Gasteiger partial charge in [-0.2, -0.15) is 0 Å². The van der Waals surface area contributed by atoms with E-state index in [9.17, 15) is 19.8 Å². The maximum atomic E-state index is 12.2. The predicted octanol–water partition coefficient (Wildman–Crippen LogP) is 3.94. The third kappa shape index (κ3) is 4.78. The molecule has 0 saturated heterocycles. The fraction of sp³-hybridized carbons (Fsp3) is 0.192. The summed E-state index contributed by atoms with van der Waals surface area (Å²) in [6, 6.07) is 14.0. The van der Waals surface area contributed by atoms with Crippen molar-refractivity contribution in [1.82, 2.24) is 5.32 Å². The van der Waals surface area contributed by atoms with Crippen molar-refractivity contribution in [2.45, 2.75) is 0 Å². The third-order valence-corrected chi connectivity index (χ3v) is 5.91. The molecule has 2 aromatic carbocycles. The molecule has 4 rings (SSSR count). The number of hydrogen-bond donors (Lipinski definition) is 3. The first-order valence-corrected chi connectivity index (χ1v) is 11.1. The lowest BCUT2D eigenvalue weighted by Crippen LogP contribution is -2.41. The summed E-state index contributed by atoms with van der Waals surface area (Å²) in [4.78, 5) is 24.7. The standard InChI is InChI=1S/C26H24N2O5S/c1-28(2,3)11-10-27-25(34)15-4-7-18(26(31)32)21(12-15)24-19-8-5-16(29)13-22(19)33-23-14-17(30)6-9-20(23)24/h4-9,12-14H,10-11H2,1-3H3,(H2-,27,29,30,31,32,34)/p+1. The Morgan fingerprint density at radius 1 is 1.03 bits per heavy atom. The Balaban J connectivity index is 1.93. The summed E-state index contributed by atoms with van der Waals surface area (Å²) in [7, 11) is 6.27. The van der Waals surface area contributed by atoms with Gasteiger partial charge in [-0.1, -0.05) is 18.3 Å². The van der Waals surface area contributed by atoms with E-state index in [1.807, 2.05) is 0 Å². The van der Waals surface area contributed by atoms with Crippen LogP contribution in [0.5, 0.6) is 5.75 Å². The molecule has 3 N–H and O–H groups in total. The van der Waals surface area contributed by atoms with Crippen LogP contribution in [0.15, 0.2) is 63.8 Å². The van der Waals surface area contributed by atoms with Gasteiger partial charge in [0.1, 0.15) is 22.1 Å². The number of aromatic carboxylic acids is 1. The van der Waals surface area contributed by atoms with Crippen LogP contribution in [0.3, 0.4) is 0 Å². The molecule has 0 spiro atoms. The largest absolute Gasteiger partial charge is 0.508 e. The zero-order valence-corrected chi connectivity index (χ0v) is 19.9. The second-order valence-electron chi connectivity index (χ2n) is 9.15. The summed E-state index contributed by atoms with van der Waals surface area (Å²) < 4.78 is 6.66. The first kappa shape index (κ1) is 23.4. The monoisotopic (exact) mass is 477 g/mol. The number of nitrogens with one attached hydrogen (secondary N) is 1. The number of rotatable bonds is 6. The molecule has 0 amide bonds. The summed E-state index contributed by atoms with van der Waals surface area (Å²) in [6.45, 7) is 1.52. The molecule has 2 aliphatic rings. The molecule has 1 aliphatic heterocycles. The van der Waals surface area contributed by atoms with Crippen molar-refractivity contribution < 1.29 is 23.9 Å². The van der Waals surface area contributed by atoms with E-state index in [1.54, 1.807) is 24.3 Å². The average Bonchev–Trinajstić information content (AvgIpc) is 2.75. The van der Waals surface area contributed by atoms with Crippen molar-refractivity contribution in [1.29, 1.82) is 0 Å². The van der Waals surface area contributed by atoms with Gasteiger partial charge in [-0.25, -0.2) is 4.79 Å². The molecule has 7 nitrogen and oxygen atoms in total. The molecule has 8 heteroatoms. The average molecular weight is 478 g/mol. The Kier molecular flexibility index (Phi) is 6.12. The van der Waals surface area contributed by atoms with Gasteiger partial charge >= 0.3 is 5.97 Å². The van der Waals surface area contributed by atoms with Gasteiger partial charge < -0.3 is 24.4 Å². The van der Waals surface area contributed by atoms with Crippen molar-refractivity contribution in [3.63, 3.8) is 0 Å². The number of carboxylic acids is 1. The zero-order chi connectivity index (χ0) is 24.6. The molecule has 0 radical (unpaired) electrons. The second-order valence-corrected chi connectivity index (χ2v) is 9.56. The molecular weight excluding hydrogens is 452 g/mol. The minimum absolute atomic E-state index is 0.00494. The maximum absolute atomic E-state index is 12.2. The maximum Gasteiger partial charge on any atom is 0.336 e. The quantitative estimate of drug-likeness (QED) is 0.220. The minimum atomic E-state index is -1.09. The Hall–Kier alpha value is -3.75. The third-order valence-electron chi connectivity index (χ3n) is 5.53. The van der Waals surface area contributed by atoms with Gasteiger partial charge in [0.15, 0.2) is 5.43 Å². The van der Waals surface area contributed by atoms with E-state index < -0.39 is 5.97 Å². The Labute approximate surface area is 201 Å². The molecule has 0 aromatic heterocycles. The van der Waals surface area contributed by atoms with Crippen LogP contribution in [-0.2, 0) is 0 Å². The highest BCUT2D eigenvalue weighted by Crippen LogP contribution is 2.42. The molecule has 0 fully saturated rings. The first-order chi connectivity index (χ1) is 16.0. The summed E-state index contributed by atoms with van der Waals surface area (Å²) in [5.41, 5.74) is 2.47. The van der Waals surface area contributed by atoms with Crippen molar-refractivity contribution >= 4 is 34.1 Å². The highest BCUT2D eigenvalue weighted by atomic mass is 32.1. The lowest BCUT2D eigenvalue weighted by molar-refractivity contribution is -0.869. The Morgan fingerprint density at radius 2 is 1.79 bits per heavy atom. The van der Waals surface area contributed by atoms with E-state index in [0.29, 0.717) is 50.5 Å². The number of phenolic OH excluding ortho intramolecular Hbond substituents is 1. The lowest BCUT2D eigenvalue weighted by atomic mass is 9.89. The van der Waals surface area contributed by atoms with Crippen LogP contribution in [0, 0.1) is 0 Å². The topological polar surface area (TPSA) is 99.8 Å². The Morgan fingerprint density at radius 3 is 2.50 bits per heavy atom. The molecule has 1 aliphatic carbocycles. The number of fused-ring (bicyclic) bond motifs is 2. The van der Waals surface area contributed by atoms with Crippen LogP contribution in [0.25, 0.3) is 33.4 Å². The van der Waals surface area contributed by atoms with Crippen molar-refractivity contribution in [3.05, 3.63) is 75.9 Å². The number of thiocarbonyl (C=S) groups is 1. The minimum Gasteiger partial charge on any atom is -0.508 e. The Bertz CT molecular complexity index is 1450. The van der Waals surface area contributed by atoms with Crippen molar-refractivity contribution in [2.24, 2.45) is 0 Å². The van der Waals surface area contributed by atoms with E-state index in [-0.39, 0.29) is 16.7 Å². The molecule has 0 saturated carbocycles. The van der Waals surface area contributed by atoms with Gasteiger partial charge in [0.25, 0.3) is 0 Å². The molecule has 0 bridgehead atoms. The predicted molar refractivity (Wildman–Crippen MR) is 136 cm³/mol. The van der Waals surface area contributed by atoms with Crippen LogP contribution in [-0.4, -0.2) is 59.9 Å². The summed E-state index contributed by atoms with van der Waals surface area (Å²) in [5, 5.41) is 23.8. The van der Waals surface area contributed by atoms with Crippen LogP contribution in [0.2, 0.25) is 0 Å². The van der Waals surface area contributed by atoms with Crippen molar-refractivity contribution in [2.75, 3.05) is 34.2 Å². The van der Waals surface area contributed by atoms with Crippen LogP contribution >= 0.6 is 12.2 Å². The number of quaternary nitrogens is 1. The lowest BCUT2D eigenvalue weighted by Gasteiger charge is -2.24. The van der Waals surface area contributed by atoms with Crippen molar-refractivity contribution in [3.8, 4) is 28.2 Å².